The van der Waals surface area contributed by atoms with E-state index in [1.54, 1.807) is 12.1 Å². The highest BCUT2D eigenvalue weighted by Gasteiger charge is 2.13. The van der Waals surface area contributed by atoms with E-state index in [-0.39, 0.29) is 5.70 Å². The fourth-order valence-corrected chi connectivity index (χ4v) is 1.48. The molecule has 0 saturated carbocycles. The Morgan fingerprint density at radius 3 is 2.00 bits per heavy atom. The normalized spacial score (nSPS) is 11.0. The van der Waals surface area contributed by atoms with Crippen LogP contribution in [0.2, 0.25) is 0 Å². The summed E-state index contributed by atoms with van der Waals surface area (Å²) in [7, 11) is 4.48. The molecule has 0 spiro atoms. The molecule has 0 amide bonds. The molecule has 0 atom stereocenters. The van der Waals surface area contributed by atoms with Gasteiger partial charge < -0.3 is 14.2 Å². The number of hydrogen-bond donors (Lipinski definition) is 0. The van der Waals surface area contributed by atoms with Crippen LogP contribution in [0.1, 0.15) is 12.5 Å². The van der Waals surface area contributed by atoms with Crippen molar-refractivity contribution in [3.05, 3.63) is 33.5 Å². The molecule has 0 bridgehead atoms. The second-order valence-electron chi connectivity index (χ2n) is 3.50. The van der Waals surface area contributed by atoms with Crippen LogP contribution in [-0.4, -0.2) is 26.3 Å². The van der Waals surface area contributed by atoms with Crippen LogP contribution in [0.25, 0.3) is 6.08 Å². The first kappa shape index (κ1) is 13.8. The summed E-state index contributed by atoms with van der Waals surface area (Å²) in [6.07, 6.45) is 1.44. The summed E-state index contributed by atoms with van der Waals surface area (Å²) in [5, 5.41) is 10.6. The first-order valence-corrected chi connectivity index (χ1v) is 5.16. The van der Waals surface area contributed by atoms with Gasteiger partial charge in [0.15, 0.2) is 11.5 Å². The first-order chi connectivity index (χ1) is 8.53. The van der Waals surface area contributed by atoms with E-state index >= 15 is 0 Å². The number of allylic oxidation sites excluding steroid dienone is 1. The Labute approximate surface area is 105 Å². The van der Waals surface area contributed by atoms with Crippen molar-refractivity contribution in [2.45, 2.75) is 6.92 Å². The van der Waals surface area contributed by atoms with E-state index in [9.17, 15) is 10.1 Å². The lowest BCUT2D eigenvalue weighted by Gasteiger charge is -2.12. The molecule has 6 heteroatoms. The van der Waals surface area contributed by atoms with E-state index in [1.165, 1.54) is 34.3 Å². The molecule has 0 fully saturated rings. The summed E-state index contributed by atoms with van der Waals surface area (Å²) < 4.78 is 15.5. The van der Waals surface area contributed by atoms with E-state index < -0.39 is 4.92 Å². The molecule has 1 aromatic rings. The molecule has 0 aliphatic carbocycles. The fourth-order valence-electron chi connectivity index (χ4n) is 1.48. The second kappa shape index (κ2) is 5.90. The molecule has 0 saturated heterocycles. The Bertz CT molecular complexity index is 456. The largest absolute Gasteiger partial charge is 0.493 e. The smallest absolute Gasteiger partial charge is 0.243 e. The maximum Gasteiger partial charge on any atom is 0.243 e. The number of hydrogen-bond acceptors (Lipinski definition) is 5. The van der Waals surface area contributed by atoms with Gasteiger partial charge >= 0.3 is 0 Å². The number of ether oxygens (including phenoxy) is 3. The van der Waals surface area contributed by atoms with Crippen molar-refractivity contribution >= 4 is 6.08 Å². The standard InChI is InChI=1S/C12H15NO5/c1-8(13(14)15)5-9-6-10(16-2)12(18-4)11(7-9)17-3/h5-7H,1-4H3/b8-5+. The number of benzene rings is 1. The second-order valence-corrected chi connectivity index (χ2v) is 3.50. The van der Waals surface area contributed by atoms with Crippen LogP contribution in [0.4, 0.5) is 0 Å². The molecule has 0 N–H and O–H groups in total. The van der Waals surface area contributed by atoms with Crippen molar-refractivity contribution in [2.24, 2.45) is 0 Å². The highest BCUT2D eigenvalue weighted by molar-refractivity contribution is 5.62. The Hall–Kier alpha value is -2.24. The predicted molar refractivity (Wildman–Crippen MR) is 66.7 cm³/mol. The minimum absolute atomic E-state index is 0.0317. The van der Waals surface area contributed by atoms with Gasteiger partial charge in [-0.05, 0) is 17.7 Å². The number of nitro groups is 1. The van der Waals surface area contributed by atoms with Gasteiger partial charge in [0.05, 0.1) is 26.3 Å². The molecular weight excluding hydrogens is 238 g/mol. The van der Waals surface area contributed by atoms with Crippen LogP contribution in [-0.2, 0) is 0 Å². The number of methoxy groups -OCH3 is 3. The monoisotopic (exact) mass is 253 g/mol. The molecule has 0 unspecified atom stereocenters. The van der Waals surface area contributed by atoms with E-state index in [4.69, 9.17) is 14.2 Å². The van der Waals surface area contributed by atoms with Crippen molar-refractivity contribution in [1.29, 1.82) is 0 Å². The average molecular weight is 253 g/mol. The maximum atomic E-state index is 10.6. The Kier molecular flexibility index (Phi) is 4.53. The summed E-state index contributed by atoms with van der Waals surface area (Å²) in [5.41, 5.74) is 0.642. The van der Waals surface area contributed by atoms with Crippen molar-refractivity contribution in [3.63, 3.8) is 0 Å². The minimum atomic E-state index is -0.455. The van der Waals surface area contributed by atoms with Crippen LogP contribution >= 0.6 is 0 Å². The lowest BCUT2D eigenvalue weighted by molar-refractivity contribution is -0.422. The van der Waals surface area contributed by atoms with Gasteiger partial charge in [0.25, 0.3) is 0 Å². The SMILES string of the molecule is COc1cc(/C=C(\C)[N+](=O)[O-])cc(OC)c1OC. The summed E-state index contributed by atoms with van der Waals surface area (Å²) in [4.78, 5) is 10.1. The summed E-state index contributed by atoms with van der Waals surface area (Å²) >= 11 is 0. The third kappa shape index (κ3) is 2.91. The van der Waals surface area contributed by atoms with Crippen molar-refractivity contribution in [1.82, 2.24) is 0 Å². The van der Waals surface area contributed by atoms with E-state index in [0.29, 0.717) is 22.8 Å². The van der Waals surface area contributed by atoms with Gasteiger partial charge in [-0.2, -0.15) is 0 Å². The third-order valence-corrected chi connectivity index (χ3v) is 2.35. The highest BCUT2D eigenvalue weighted by atomic mass is 16.6. The Morgan fingerprint density at radius 2 is 1.67 bits per heavy atom. The number of nitrogens with zero attached hydrogens (tertiary/aromatic N) is 1. The fraction of sp³-hybridized carbons (Fsp3) is 0.333. The number of rotatable bonds is 5. The molecule has 0 aromatic heterocycles. The van der Waals surface area contributed by atoms with E-state index in [0.717, 1.165) is 0 Å². The third-order valence-electron chi connectivity index (χ3n) is 2.35. The van der Waals surface area contributed by atoms with Gasteiger partial charge in [0.2, 0.25) is 11.4 Å². The molecule has 0 heterocycles. The molecular formula is C12H15NO5. The van der Waals surface area contributed by atoms with E-state index in [1.807, 2.05) is 0 Å². The quantitative estimate of drug-likeness (QED) is 0.595. The molecule has 1 rings (SSSR count). The van der Waals surface area contributed by atoms with Gasteiger partial charge in [-0.3, -0.25) is 10.1 Å². The van der Waals surface area contributed by atoms with E-state index in [2.05, 4.69) is 0 Å². The van der Waals surface area contributed by atoms with Gasteiger partial charge in [-0.1, -0.05) is 0 Å². The molecule has 18 heavy (non-hydrogen) atoms. The zero-order valence-electron chi connectivity index (χ0n) is 10.7. The zero-order chi connectivity index (χ0) is 13.7. The lowest BCUT2D eigenvalue weighted by atomic mass is 10.1. The first-order valence-electron chi connectivity index (χ1n) is 5.16. The molecule has 0 radical (unpaired) electrons. The van der Waals surface area contributed by atoms with Crippen molar-refractivity contribution in [3.8, 4) is 17.2 Å². The van der Waals surface area contributed by atoms with Crippen molar-refractivity contribution < 1.29 is 19.1 Å². The van der Waals surface area contributed by atoms with Crippen molar-refractivity contribution in [2.75, 3.05) is 21.3 Å². The van der Waals surface area contributed by atoms with Crippen LogP contribution in [0, 0.1) is 10.1 Å². The molecule has 0 aliphatic rings. The Balaban J connectivity index is 3.32. The van der Waals surface area contributed by atoms with Crippen LogP contribution < -0.4 is 14.2 Å². The maximum absolute atomic E-state index is 10.6. The topological polar surface area (TPSA) is 70.8 Å². The van der Waals surface area contributed by atoms with Gasteiger partial charge in [0.1, 0.15) is 0 Å². The van der Waals surface area contributed by atoms with Gasteiger partial charge in [-0.15, -0.1) is 0 Å². The lowest BCUT2D eigenvalue weighted by Crippen LogP contribution is -1.97. The summed E-state index contributed by atoms with van der Waals surface area (Å²) in [6, 6.07) is 3.29. The van der Waals surface area contributed by atoms with Crippen LogP contribution in [0.15, 0.2) is 17.8 Å². The van der Waals surface area contributed by atoms with Crippen LogP contribution in [0.5, 0.6) is 17.2 Å². The molecule has 0 aliphatic heterocycles. The summed E-state index contributed by atoms with van der Waals surface area (Å²) in [5.74, 6) is 1.37. The zero-order valence-corrected chi connectivity index (χ0v) is 10.7. The Morgan fingerprint density at radius 1 is 1.17 bits per heavy atom. The molecule has 1 aromatic carbocycles. The summed E-state index contributed by atoms with van der Waals surface area (Å²) in [6.45, 7) is 1.42. The van der Waals surface area contributed by atoms with Crippen LogP contribution in [0.3, 0.4) is 0 Å². The predicted octanol–water partition coefficient (Wildman–Crippen LogP) is 2.35. The average Bonchev–Trinajstić information content (AvgIpc) is 2.37. The van der Waals surface area contributed by atoms with Gasteiger partial charge in [-0.25, -0.2) is 0 Å². The van der Waals surface area contributed by atoms with Gasteiger partial charge in [0, 0.05) is 13.0 Å². The minimum Gasteiger partial charge on any atom is -0.493 e. The molecule has 6 nitrogen and oxygen atoms in total. The highest BCUT2D eigenvalue weighted by Crippen LogP contribution is 2.38. The molecule has 98 valence electrons.